The molecule has 0 bridgehead atoms. The van der Waals surface area contributed by atoms with Crippen molar-refractivity contribution in [2.75, 3.05) is 0 Å². The van der Waals surface area contributed by atoms with Crippen molar-refractivity contribution in [1.82, 2.24) is 15.8 Å². The van der Waals surface area contributed by atoms with Crippen LogP contribution >= 0.6 is 23.2 Å². The molecule has 8 heteroatoms. The summed E-state index contributed by atoms with van der Waals surface area (Å²) in [5, 5.41) is 1.12. The van der Waals surface area contributed by atoms with Gasteiger partial charge in [0.15, 0.2) is 0 Å². The summed E-state index contributed by atoms with van der Waals surface area (Å²) < 4.78 is 5.55. The number of hydrogen-bond acceptors (Lipinski definition) is 4. The van der Waals surface area contributed by atoms with E-state index in [2.05, 4.69) is 15.8 Å². The lowest BCUT2D eigenvalue weighted by Crippen LogP contribution is -2.41. The van der Waals surface area contributed by atoms with Gasteiger partial charge in [0, 0.05) is 27.9 Å². The summed E-state index contributed by atoms with van der Waals surface area (Å²) in [5.41, 5.74) is 5.27. The van der Waals surface area contributed by atoms with E-state index in [9.17, 15) is 9.59 Å². The molecule has 6 nitrogen and oxygen atoms in total. The highest BCUT2D eigenvalue weighted by atomic mass is 35.5. The molecule has 0 radical (unpaired) electrons. The van der Waals surface area contributed by atoms with Crippen LogP contribution < -0.4 is 15.6 Å². The Balaban J connectivity index is 1.56. The predicted octanol–water partition coefficient (Wildman–Crippen LogP) is 4.26. The zero-order valence-corrected chi connectivity index (χ0v) is 15.3. The molecule has 0 atom stereocenters. The lowest BCUT2D eigenvalue weighted by atomic mass is 10.2. The number of carbonyl (C=O) groups is 2. The third-order valence-corrected chi connectivity index (χ3v) is 3.93. The largest absolute Gasteiger partial charge is 0.439 e. The standard InChI is InChI=1S/C19H13Cl2N3O3/c20-14-4-1-12(2-5-14)18(25)23-24-19(26)13-3-10-17(22-11-13)27-16-8-6-15(21)7-9-16/h1-11H,(H,23,25)(H,24,26). The van der Waals surface area contributed by atoms with Crippen LogP contribution in [-0.2, 0) is 0 Å². The molecule has 0 saturated heterocycles. The van der Waals surface area contributed by atoms with Crippen LogP contribution in [0.15, 0.2) is 66.9 Å². The Morgan fingerprint density at radius 3 is 1.81 bits per heavy atom. The van der Waals surface area contributed by atoms with Gasteiger partial charge in [-0.2, -0.15) is 0 Å². The molecule has 1 heterocycles. The van der Waals surface area contributed by atoms with Crippen molar-refractivity contribution in [1.29, 1.82) is 0 Å². The maximum Gasteiger partial charge on any atom is 0.271 e. The lowest BCUT2D eigenvalue weighted by molar-refractivity contribution is 0.0846. The third kappa shape index (κ3) is 5.20. The highest BCUT2D eigenvalue weighted by Crippen LogP contribution is 2.21. The first-order valence-electron chi connectivity index (χ1n) is 7.77. The fourth-order valence-electron chi connectivity index (χ4n) is 2.06. The van der Waals surface area contributed by atoms with E-state index in [1.165, 1.54) is 12.3 Å². The molecule has 0 fully saturated rings. The smallest absolute Gasteiger partial charge is 0.271 e. The molecule has 27 heavy (non-hydrogen) atoms. The molecule has 2 aromatic carbocycles. The number of hydrogen-bond donors (Lipinski definition) is 2. The fraction of sp³-hybridized carbons (Fsp3) is 0. The maximum atomic E-state index is 12.1. The number of ether oxygens (including phenoxy) is 1. The Bertz CT molecular complexity index is 943. The third-order valence-electron chi connectivity index (χ3n) is 3.43. The summed E-state index contributed by atoms with van der Waals surface area (Å²) in [4.78, 5) is 28.1. The first-order valence-corrected chi connectivity index (χ1v) is 8.52. The van der Waals surface area contributed by atoms with Crippen molar-refractivity contribution in [2.45, 2.75) is 0 Å². The van der Waals surface area contributed by atoms with E-state index in [1.807, 2.05) is 0 Å². The average Bonchev–Trinajstić information content (AvgIpc) is 2.69. The molecule has 0 aliphatic rings. The number of pyridine rings is 1. The van der Waals surface area contributed by atoms with Gasteiger partial charge in [-0.05, 0) is 54.6 Å². The van der Waals surface area contributed by atoms with Gasteiger partial charge in [0.1, 0.15) is 5.75 Å². The highest BCUT2D eigenvalue weighted by molar-refractivity contribution is 6.30. The van der Waals surface area contributed by atoms with E-state index >= 15 is 0 Å². The van der Waals surface area contributed by atoms with Gasteiger partial charge in [-0.25, -0.2) is 4.98 Å². The SMILES string of the molecule is O=C(NNC(=O)c1ccc(Oc2ccc(Cl)cc2)nc1)c1ccc(Cl)cc1. The van der Waals surface area contributed by atoms with Gasteiger partial charge in [-0.1, -0.05) is 23.2 Å². The second-order valence-electron chi connectivity index (χ2n) is 5.36. The molecule has 1 aromatic heterocycles. The molecule has 2 amide bonds. The highest BCUT2D eigenvalue weighted by Gasteiger charge is 2.10. The van der Waals surface area contributed by atoms with Crippen molar-refractivity contribution in [2.24, 2.45) is 0 Å². The van der Waals surface area contributed by atoms with Crippen molar-refractivity contribution >= 4 is 35.0 Å². The molecule has 0 unspecified atom stereocenters. The first kappa shape index (κ1) is 18.7. The van der Waals surface area contributed by atoms with Gasteiger partial charge in [-0.15, -0.1) is 0 Å². The zero-order chi connectivity index (χ0) is 19.2. The number of amides is 2. The van der Waals surface area contributed by atoms with Crippen LogP contribution in [0.2, 0.25) is 10.0 Å². The Hall–Kier alpha value is -3.09. The summed E-state index contributed by atoms with van der Waals surface area (Å²) in [7, 11) is 0. The topological polar surface area (TPSA) is 80.3 Å². The van der Waals surface area contributed by atoms with Gasteiger partial charge >= 0.3 is 0 Å². The van der Waals surface area contributed by atoms with Gasteiger partial charge in [0.05, 0.1) is 5.56 Å². The summed E-state index contributed by atoms with van der Waals surface area (Å²) in [6, 6.07) is 16.1. The van der Waals surface area contributed by atoms with E-state index in [0.29, 0.717) is 27.2 Å². The summed E-state index contributed by atoms with van der Waals surface area (Å²) >= 11 is 11.6. The van der Waals surface area contributed by atoms with Crippen molar-refractivity contribution in [3.63, 3.8) is 0 Å². The second kappa shape index (κ2) is 8.53. The van der Waals surface area contributed by atoms with Crippen LogP contribution in [0.3, 0.4) is 0 Å². The lowest BCUT2D eigenvalue weighted by Gasteiger charge is -2.08. The molecule has 0 aliphatic carbocycles. The zero-order valence-electron chi connectivity index (χ0n) is 13.8. The number of nitrogens with one attached hydrogen (secondary N) is 2. The van der Waals surface area contributed by atoms with E-state index in [0.717, 1.165) is 0 Å². The van der Waals surface area contributed by atoms with Gasteiger partial charge in [0.25, 0.3) is 11.8 Å². The molecule has 0 spiro atoms. The number of aromatic nitrogens is 1. The Kier molecular flexibility index (Phi) is 5.90. The van der Waals surface area contributed by atoms with Crippen LogP contribution in [0.5, 0.6) is 11.6 Å². The molecule has 136 valence electrons. The normalized spacial score (nSPS) is 10.1. The molecule has 2 N–H and O–H groups in total. The minimum atomic E-state index is -0.511. The molecule has 0 aliphatic heterocycles. The fourth-order valence-corrected chi connectivity index (χ4v) is 2.31. The van der Waals surface area contributed by atoms with Crippen molar-refractivity contribution in [3.8, 4) is 11.6 Å². The maximum absolute atomic E-state index is 12.1. The van der Waals surface area contributed by atoms with Crippen LogP contribution in [0.25, 0.3) is 0 Å². The Morgan fingerprint density at radius 2 is 1.26 bits per heavy atom. The molecular formula is C19H13Cl2N3O3. The monoisotopic (exact) mass is 401 g/mol. The van der Waals surface area contributed by atoms with Gasteiger partial charge in [0.2, 0.25) is 5.88 Å². The molecule has 3 aromatic rings. The summed E-state index contributed by atoms with van der Waals surface area (Å²) in [6.45, 7) is 0. The van der Waals surface area contributed by atoms with E-state index in [1.54, 1.807) is 54.6 Å². The minimum Gasteiger partial charge on any atom is -0.439 e. The number of nitrogens with zero attached hydrogens (tertiary/aromatic N) is 1. The molecule has 0 saturated carbocycles. The molecular weight excluding hydrogens is 389 g/mol. The quantitative estimate of drug-likeness (QED) is 0.640. The van der Waals surface area contributed by atoms with E-state index < -0.39 is 11.8 Å². The predicted molar refractivity (Wildman–Crippen MR) is 102 cm³/mol. The van der Waals surface area contributed by atoms with Crippen LogP contribution in [0.1, 0.15) is 20.7 Å². The van der Waals surface area contributed by atoms with Crippen molar-refractivity contribution < 1.29 is 14.3 Å². The van der Waals surface area contributed by atoms with Crippen LogP contribution in [0, 0.1) is 0 Å². The summed E-state index contributed by atoms with van der Waals surface area (Å²) in [6.07, 6.45) is 1.34. The minimum absolute atomic E-state index is 0.259. The number of carbonyl (C=O) groups excluding carboxylic acids is 2. The van der Waals surface area contributed by atoms with E-state index in [-0.39, 0.29) is 5.56 Å². The second-order valence-corrected chi connectivity index (χ2v) is 6.23. The molecule has 3 rings (SSSR count). The Morgan fingerprint density at radius 1 is 0.741 bits per heavy atom. The van der Waals surface area contributed by atoms with Crippen molar-refractivity contribution in [3.05, 3.63) is 88.0 Å². The number of benzene rings is 2. The summed E-state index contributed by atoms with van der Waals surface area (Å²) in [5.74, 6) is -0.0862. The number of halogens is 2. The Labute approximate surface area is 165 Å². The average molecular weight is 402 g/mol. The number of hydrazine groups is 1. The number of rotatable bonds is 4. The van der Waals surface area contributed by atoms with Gasteiger partial charge < -0.3 is 4.74 Å². The van der Waals surface area contributed by atoms with Crippen LogP contribution in [-0.4, -0.2) is 16.8 Å². The first-order chi connectivity index (χ1) is 13.0. The van der Waals surface area contributed by atoms with E-state index in [4.69, 9.17) is 27.9 Å². The van der Waals surface area contributed by atoms with Gasteiger partial charge in [-0.3, -0.25) is 20.4 Å². The van der Waals surface area contributed by atoms with Crippen LogP contribution in [0.4, 0.5) is 0 Å².